The van der Waals surface area contributed by atoms with Crippen LogP contribution in [0.25, 0.3) is 0 Å². The minimum Gasteiger partial charge on any atom is -0.394 e. The zero-order valence-corrected chi connectivity index (χ0v) is 11.3. The van der Waals surface area contributed by atoms with Crippen LogP contribution in [0, 0.1) is 0 Å². The molecule has 0 spiro atoms. The molecule has 0 amide bonds. The van der Waals surface area contributed by atoms with Crippen molar-refractivity contribution in [3.8, 4) is 0 Å². The first-order chi connectivity index (χ1) is 7.84. The Balaban J connectivity index is 2.77. The molecule has 0 aliphatic rings. The fourth-order valence-corrected chi connectivity index (χ4v) is 1.66. The third-order valence-electron chi connectivity index (χ3n) is 2.57. The van der Waals surface area contributed by atoms with Crippen LogP contribution < -0.4 is 5.32 Å². The van der Waals surface area contributed by atoms with E-state index in [0.717, 1.165) is 11.3 Å². The highest BCUT2D eigenvalue weighted by Gasteiger charge is 2.15. The van der Waals surface area contributed by atoms with Crippen LogP contribution in [-0.4, -0.2) is 29.5 Å². The third kappa shape index (κ3) is 4.19. The van der Waals surface area contributed by atoms with Crippen LogP contribution in [0.1, 0.15) is 26.3 Å². The van der Waals surface area contributed by atoms with Crippen molar-refractivity contribution in [1.29, 1.82) is 0 Å². The molecule has 1 aromatic carbocycles. The number of hydrogen-bond acceptors (Lipinski definition) is 3. The Kier molecular flexibility index (Phi) is 4.80. The molecule has 0 radical (unpaired) electrons. The van der Waals surface area contributed by atoms with Crippen molar-refractivity contribution < 1.29 is 10.2 Å². The molecule has 0 saturated carbocycles. The maximum atomic E-state index is 9.24. The van der Waals surface area contributed by atoms with Crippen LogP contribution >= 0.6 is 11.6 Å². The molecule has 0 aromatic heterocycles. The molecule has 1 unspecified atom stereocenters. The lowest BCUT2D eigenvalue weighted by molar-refractivity contribution is 0.105. The lowest BCUT2D eigenvalue weighted by Crippen LogP contribution is -2.23. The molecule has 0 fully saturated rings. The second-order valence-corrected chi connectivity index (χ2v) is 5.57. The van der Waals surface area contributed by atoms with Crippen LogP contribution in [-0.2, 0) is 5.41 Å². The fourth-order valence-electron chi connectivity index (χ4n) is 1.42. The van der Waals surface area contributed by atoms with Crippen molar-refractivity contribution in [3.05, 3.63) is 28.8 Å². The summed E-state index contributed by atoms with van der Waals surface area (Å²) in [7, 11) is 0. The van der Waals surface area contributed by atoms with Crippen molar-refractivity contribution in [1.82, 2.24) is 0 Å². The van der Waals surface area contributed by atoms with E-state index in [1.165, 1.54) is 0 Å². The van der Waals surface area contributed by atoms with Gasteiger partial charge in [-0.15, -0.1) is 0 Å². The van der Waals surface area contributed by atoms with Crippen molar-refractivity contribution in [2.75, 3.05) is 18.5 Å². The normalized spacial score (nSPS) is 13.5. The molecule has 1 atom stereocenters. The van der Waals surface area contributed by atoms with E-state index in [4.69, 9.17) is 16.7 Å². The first-order valence-corrected chi connectivity index (χ1v) is 6.05. The summed E-state index contributed by atoms with van der Waals surface area (Å²) in [4.78, 5) is 0. The van der Waals surface area contributed by atoms with E-state index in [0.29, 0.717) is 5.02 Å². The highest BCUT2D eigenvalue weighted by atomic mass is 35.5. The Morgan fingerprint density at radius 3 is 2.47 bits per heavy atom. The molecule has 3 N–H and O–H groups in total. The molecule has 0 saturated heterocycles. The van der Waals surface area contributed by atoms with Crippen LogP contribution in [0.15, 0.2) is 18.2 Å². The van der Waals surface area contributed by atoms with Gasteiger partial charge in [-0.25, -0.2) is 0 Å². The maximum Gasteiger partial charge on any atom is 0.0942 e. The zero-order valence-electron chi connectivity index (χ0n) is 10.5. The lowest BCUT2D eigenvalue weighted by atomic mass is 9.87. The third-order valence-corrected chi connectivity index (χ3v) is 2.89. The molecule has 0 heterocycles. The number of aliphatic hydroxyl groups is 2. The van der Waals surface area contributed by atoms with Gasteiger partial charge in [0, 0.05) is 6.54 Å². The van der Waals surface area contributed by atoms with Crippen LogP contribution in [0.3, 0.4) is 0 Å². The van der Waals surface area contributed by atoms with Gasteiger partial charge in [0.1, 0.15) is 0 Å². The number of anilines is 1. The SMILES string of the molecule is CC(C)(C)c1ccc(NCC(O)CO)c(Cl)c1. The maximum absolute atomic E-state index is 9.24. The van der Waals surface area contributed by atoms with Crippen molar-refractivity contribution >= 4 is 17.3 Å². The van der Waals surface area contributed by atoms with Gasteiger partial charge in [-0.1, -0.05) is 38.4 Å². The first-order valence-electron chi connectivity index (χ1n) is 5.67. The molecule has 17 heavy (non-hydrogen) atoms. The number of rotatable bonds is 4. The van der Waals surface area contributed by atoms with Crippen molar-refractivity contribution in [2.24, 2.45) is 0 Å². The number of aliphatic hydroxyl groups excluding tert-OH is 2. The predicted octanol–water partition coefficient (Wildman–Crippen LogP) is 2.40. The molecule has 1 rings (SSSR count). The molecular weight excluding hydrogens is 238 g/mol. The second kappa shape index (κ2) is 5.71. The van der Waals surface area contributed by atoms with Gasteiger partial charge in [0.2, 0.25) is 0 Å². The molecule has 0 aliphatic carbocycles. The quantitative estimate of drug-likeness (QED) is 0.776. The van der Waals surface area contributed by atoms with E-state index >= 15 is 0 Å². The van der Waals surface area contributed by atoms with Crippen LogP contribution in [0.5, 0.6) is 0 Å². The van der Waals surface area contributed by atoms with Gasteiger partial charge in [-0.05, 0) is 23.1 Å². The number of hydrogen-bond donors (Lipinski definition) is 3. The smallest absolute Gasteiger partial charge is 0.0942 e. The summed E-state index contributed by atoms with van der Waals surface area (Å²) in [5.74, 6) is 0. The first kappa shape index (κ1) is 14.3. The van der Waals surface area contributed by atoms with Gasteiger partial charge in [0.05, 0.1) is 23.4 Å². The standard InChI is InChI=1S/C13H20ClNO2/c1-13(2,3)9-4-5-12(11(14)6-9)15-7-10(17)8-16/h4-6,10,15-17H,7-8H2,1-3H3. The Morgan fingerprint density at radius 1 is 1.35 bits per heavy atom. The number of benzene rings is 1. The van der Waals surface area contributed by atoms with E-state index in [1.807, 2.05) is 18.2 Å². The minimum atomic E-state index is -0.770. The average molecular weight is 258 g/mol. The number of nitrogens with one attached hydrogen (secondary N) is 1. The van der Waals surface area contributed by atoms with Crippen molar-refractivity contribution in [2.45, 2.75) is 32.3 Å². The molecule has 96 valence electrons. The molecule has 0 bridgehead atoms. The monoisotopic (exact) mass is 257 g/mol. The van der Waals surface area contributed by atoms with E-state index in [9.17, 15) is 5.11 Å². The second-order valence-electron chi connectivity index (χ2n) is 5.16. The largest absolute Gasteiger partial charge is 0.394 e. The highest BCUT2D eigenvalue weighted by molar-refractivity contribution is 6.33. The summed E-state index contributed by atoms with van der Waals surface area (Å²) < 4.78 is 0. The van der Waals surface area contributed by atoms with Gasteiger partial charge in [-0.2, -0.15) is 0 Å². The summed E-state index contributed by atoms with van der Waals surface area (Å²) in [6, 6.07) is 5.84. The number of halogens is 1. The van der Waals surface area contributed by atoms with Crippen LogP contribution in [0.4, 0.5) is 5.69 Å². The Hall–Kier alpha value is -0.770. The predicted molar refractivity (Wildman–Crippen MR) is 71.7 cm³/mol. The summed E-state index contributed by atoms with van der Waals surface area (Å²) >= 11 is 6.16. The summed E-state index contributed by atoms with van der Waals surface area (Å²) in [5.41, 5.74) is 2.00. The topological polar surface area (TPSA) is 52.5 Å². The Morgan fingerprint density at radius 2 is 2.00 bits per heavy atom. The van der Waals surface area contributed by atoms with E-state index in [-0.39, 0.29) is 18.6 Å². The molecule has 4 heteroatoms. The summed E-state index contributed by atoms with van der Waals surface area (Å²) in [6.07, 6.45) is -0.770. The minimum absolute atomic E-state index is 0.0623. The van der Waals surface area contributed by atoms with Crippen molar-refractivity contribution in [3.63, 3.8) is 0 Å². The zero-order chi connectivity index (χ0) is 13.1. The molecule has 0 aliphatic heterocycles. The van der Waals surface area contributed by atoms with Gasteiger partial charge < -0.3 is 15.5 Å². The fraction of sp³-hybridized carbons (Fsp3) is 0.538. The summed E-state index contributed by atoms with van der Waals surface area (Å²) in [5, 5.41) is 21.6. The molecule has 1 aromatic rings. The van der Waals surface area contributed by atoms with Gasteiger partial charge in [0.25, 0.3) is 0 Å². The van der Waals surface area contributed by atoms with E-state index < -0.39 is 6.10 Å². The molecule has 3 nitrogen and oxygen atoms in total. The van der Waals surface area contributed by atoms with Gasteiger partial charge >= 0.3 is 0 Å². The Labute approximate surface area is 107 Å². The van der Waals surface area contributed by atoms with Gasteiger partial charge in [-0.3, -0.25) is 0 Å². The Bertz CT molecular complexity index is 374. The summed E-state index contributed by atoms with van der Waals surface area (Å²) in [6.45, 7) is 6.40. The molecular formula is C13H20ClNO2. The lowest BCUT2D eigenvalue weighted by Gasteiger charge is -2.20. The van der Waals surface area contributed by atoms with E-state index in [2.05, 4.69) is 26.1 Å². The van der Waals surface area contributed by atoms with Crippen LogP contribution in [0.2, 0.25) is 5.02 Å². The highest BCUT2D eigenvalue weighted by Crippen LogP contribution is 2.29. The van der Waals surface area contributed by atoms with Gasteiger partial charge in [0.15, 0.2) is 0 Å². The van der Waals surface area contributed by atoms with E-state index in [1.54, 1.807) is 0 Å². The average Bonchev–Trinajstić information content (AvgIpc) is 2.25.